The highest BCUT2D eigenvalue weighted by molar-refractivity contribution is 7.99. The van der Waals surface area contributed by atoms with E-state index in [1.54, 1.807) is 13.4 Å². The highest BCUT2D eigenvalue weighted by atomic mass is 32.2. The summed E-state index contributed by atoms with van der Waals surface area (Å²) >= 11 is 1.33. The maximum atomic E-state index is 12.3. The van der Waals surface area contributed by atoms with E-state index in [2.05, 4.69) is 15.5 Å². The van der Waals surface area contributed by atoms with Gasteiger partial charge in [-0.3, -0.25) is 9.36 Å². The summed E-state index contributed by atoms with van der Waals surface area (Å²) in [5, 5.41) is 11.6. The molecule has 0 bridgehead atoms. The number of hydrogen-bond donors (Lipinski definition) is 1. The van der Waals surface area contributed by atoms with E-state index in [-0.39, 0.29) is 11.7 Å². The largest absolute Gasteiger partial charge is 0.495 e. The van der Waals surface area contributed by atoms with Gasteiger partial charge in [-0.15, -0.1) is 10.2 Å². The Morgan fingerprint density at radius 2 is 1.88 bits per heavy atom. The summed E-state index contributed by atoms with van der Waals surface area (Å²) in [6.45, 7) is 4.00. The Morgan fingerprint density at radius 3 is 2.62 bits per heavy atom. The number of thioether (sulfide) groups is 1. The maximum absolute atomic E-state index is 12.3. The fourth-order valence-corrected chi connectivity index (χ4v) is 3.17. The van der Waals surface area contributed by atoms with Crippen molar-refractivity contribution in [1.82, 2.24) is 14.8 Å². The molecule has 134 valence electrons. The molecule has 0 radical (unpaired) electrons. The normalized spacial score (nSPS) is 10.6. The van der Waals surface area contributed by atoms with Crippen LogP contribution in [-0.4, -0.2) is 33.5 Å². The number of anilines is 1. The Morgan fingerprint density at radius 1 is 1.15 bits per heavy atom. The van der Waals surface area contributed by atoms with Crippen molar-refractivity contribution in [2.24, 2.45) is 0 Å². The lowest BCUT2D eigenvalue weighted by Crippen LogP contribution is -2.15. The van der Waals surface area contributed by atoms with Crippen LogP contribution in [0.4, 0.5) is 5.69 Å². The molecule has 0 unspecified atom stereocenters. The van der Waals surface area contributed by atoms with E-state index in [4.69, 9.17) is 4.74 Å². The van der Waals surface area contributed by atoms with Crippen LogP contribution >= 0.6 is 11.8 Å². The molecule has 1 aromatic heterocycles. The van der Waals surface area contributed by atoms with Gasteiger partial charge in [-0.2, -0.15) is 0 Å². The van der Waals surface area contributed by atoms with Crippen LogP contribution in [0.5, 0.6) is 5.75 Å². The highest BCUT2D eigenvalue weighted by Gasteiger charge is 2.12. The Balaban J connectivity index is 1.67. The molecule has 6 nitrogen and oxygen atoms in total. The fraction of sp³-hybridized carbons (Fsp3) is 0.211. The lowest BCUT2D eigenvalue weighted by Gasteiger charge is -2.11. The molecule has 2 aromatic carbocycles. The lowest BCUT2D eigenvalue weighted by molar-refractivity contribution is -0.113. The van der Waals surface area contributed by atoms with E-state index in [1.807, 2.05) is 60.9 Å². The van der Waals surface area contributed by atoms with E-state index < -0.39 is 0 Å². The lowest BCUT2D eigenvalue weighted by atomic mass is 10.2. The van der Waals surface area contributed by atoms with Crippen molar-refractivity contribution in [3.63, 3.8) is 0 Å². The van der Waals surface area contributed by atoms with E-state index >= 15 is 0 Å². The number of hydrogen-bond acceptors (Lipinski definition) is 5. The minimum atomic E-state index is -0.127. The smallest absolute Gasteiger partial charge is 0.234 e. The molecule has 3 rings (SSSR count). The summed E-state index contributed by atoms with van der Waals surface area (Å²) in [5.74, 6) is 0.732. The third-order valence-electron chi connectivity index (χ3n) is 3.79. The summed E-state index contributed by atoms with van der Waals surface area (Å²) in [5.41, 5.74) is 3.86. The molecular formula is C19H20N4O2S. The van der Waals surface area contributed by atoms with Crippen LogP contribution in [0.2, 0.25) is 0 Å². The average Bonchev–Trinajstić information content (AvgIpc) is 3.09. The minimum Gasteiger partial charge on any atom is -0.495 e. The Labute approximate surface area is 156 Å². The summed E-state index contributed by atoms with van der Waals surface area (Å²) in [6.07, 6.45) is 1.65. The van der Waals surface area contributed by atoms with Gasteiger partial charge in [-0.1, -0.05) is 35.5 Å². The topological polar surface area (TPSA) is 69.0 Å². The summed E-state index contributed by atoms with van der Waals surface area (Å²) < 4.78 is 7.16. The number of nitrogens with zero attached hydrogens (tertiary/aromatic N) is 3. The molecule has 0 spiro atoms. The molecule has 1 heterocycles. The maximum Gasteiger partial charge on any atom is 0.234 e. The number of amides is 1. The van der Waals surface area contributed by atoms with E-state index in [1.165, 1.54) is 17.3 Å². The molecule has 0 fully saturated rings. The number of carbonyl (C=O) groups excluding carboxylic acids is 1. The molecule has 0 aliphatic heterocycles. The molecule has 26 heavy (non-hydrogen) atoms. The van der Waals surface area contributed by atoms with Gasteiger partial charge in [0.05, 0.1) is 18.6 Å². The SMILES string of the molecule is COc1ccc(C)cc1NC(=O)CSc1nncn1-c1ccc(C)cc1. The molecule has 0 aliphatic rings. The van der Waals surface area contributed by atoms with Gasteiger partial charge < -0.3 is 10.1 Å². The van der Waals surface area contributed by atoms with Crippen molar-refractivity contribution < 1.29 is 9.53 Å². The molecule has 7 heteroatoms. The number of rotatable bonds is 6. The van der Waals surface area contributed by atoms with Gasteiger partial charge in [0.2, 0.25) is 5.91 Å². The van der Waals surface area contributed by atoms with Crippen molar-refractivity contribution in [3.8, 4) is 11.4 Å². The zero-order valence-electron chi connectivity index (χ0n) is 14.9. The van der Waals surface area contributed by atoms with Gasteiger partial charge in [0.15, 0.2) is 5.16 Å². The van der Waals surface area contributed by atoms with Crippen LogP contribution in [0, 0.1) is 13.8 Å². The Bertz CT molecular complexity index is 906. The van der Waals surface area contributed by atoms with Gasteiger partial charge in [-0.25, -0.2) is 0 Å². The van der Waals surface area contributed by atoms with Crippen molar-refractivity contribution in [2.45, 2.75) is 19.0 Å². The van der Waals surface area contributed by atoms with Crippen LogP contribution in [0.3, 0.4) is 0 Å². The first-order valence-corrected chi connectivity index (χ1v) is 9.10. The number of aromatic nitrogens is 3. The number of carbonyl (C=O) groups is 1. The molecule has 0 saturated carbocycles. The fourth-order valence-electron chi connectivity index (χ4n) is 2.44. The van der Waals surface area contributed by atoms with Crippen LogP contribution in [0.15, 0.2) is 53.9 Å². The van der Waals surface area contributed by atoms with Crippen LogP contribution in [0.1, 0.15) is 11.1 Å². The van der Waals surface area contributed by atoms with Crippen molar-refractivity contribution in [1.29, 1.82) is 0 Å². The van der Waals surface area contributed by atoms with E-state index in [9.17, 15) is 4.79 Å². The zero-order chi connectivity index (χ0) is 18.5. The van der Waals surface area contributed by atoms with Crippen LogP contribution < -0.4 is 10.1 Å². The number of aryl methyl sites for hydroxylation is 2. The quantitative estimate of drug-likeness (QED) is 0.673. The number of nitrogens with one attached hydrogen (secondary N) is 1. The van der Waals surface area contributed by atoms with Gasteiger partial charge in [0.1, 0.15) is 12.1 Å². The molecule has 0 saturated heterocycles. The molecule has 3 aromatic rings. The first-order chi connectivity index (χ1) is 12.6. The van der Waals surface area contributed by atoms with Gasteiger partial charge in [0, 0.05) is 5.69 Å². The van der Waals surface area contributed by atoms with Crippen molar-refractivity contribution in [3.05, 3.63) is 59.9 Å². The van der Waals surface area contributed by atoms with Crippen molar-refractivity contribution in [2.75, 3.05) is 18.2 Å². The first kappa shape index (κ1) is 18.0. The second kappa shape index (κ2) is 8.05. The van der Waals surface area contributed by atoms with Gasteiger partial charge in [-0.05, 0) is 43.7 Å². The summed E-state index contributed by atoms with van der Waals surface area (Å²) in [6, 6.07) is 13.7. The van der Waals surface area contributed by atoms with Crippen LogP contribution in [-0.2, 0) is 4.79 Å². The molecule has 0 atom stereocenters. The third kappa shape index (κ3) is 4.23. The Kier molecular flexibility index (Phi) is 5.58. The Hall–Kier alpha value is -2.80. The van der Waals surface area contributed by atoms with Gasteiger partial charge in [0.25, 0.3) is 0 Å². The van der Waals surface area contributed by atoms with Gasteiger partial charge >= 0.3 is 0 Å². The summed E-state index contributed by atoms with van der Waals surface area (Å²) in [4.78, 5) is 12.3. The zero-order valence-corrected chi connectivity index (χ0v) is 15.7. The standard InChI is InChI=1S/C19H20N4O2S/c1-13-4-7-15(8-5-13)23-12-20-22-19(23)26-11-18(24)21-16-10-14(2)6-9-17(16)25-3/h4-10,12H,11H2,1-3H3,(H,21,24). The van der Waals surface area contributed by atoms with E-state index in [0.29, 0.717) is 16.6 Å². The predicted molar refractivity (Wildman–Crippen MR) is 103 cm³/mol. The van der Waals surface area contributed by atoms with Crippen LogP contribution in [0.25, 0.3) is 5.69 Å². The number of benzene rings is 2. The molecular weight excluding hydrogens is 348 g/mol. The van der Waals surface area contributed by atoms with E-state index in [0.717, 1.165) is 11.3 Å². The monoisotopic (exact) mass is 368 g/mol. The first-order valence-electron chi connectivity index (χ1n) is 8.11. The second-order valence-electron chi connectivity index (χ2n) is 5.86. The highest BCUT2D eigenvalue weighted by Crippen LogP contribution is 2.26. The molecule has 1 amide bonds. The molecule has 1 N–H and O–H groups in total. The number of ether oxygens (including phenoxy) is 1. The third-order valence-corrected chi connectivity index (χ3v) is 4.73. The average molecular weight is 368 g/mol. The van der Waals surface area contributed by atoms with Crippen molar-refractivity contribution >= 4 is 23.4 Å². The second-order valence-corrected chi connectivity index (χ2v) is 6.80. The minimum absolute atomic E-state index is 0.127. The predicted octanol–water partition coefficient (Wildman–Crippen LogP) is 3.62. The molecule has 0 aliphatic carbocycles. The summed E-state index contributed by atoms with van der Waals surface area (Å²) in [7, 11) is 1.58. The number of methoxy groups -OCH3 is 1.